The SMILES string of the molecule is CC(C)OC(C)(C)ON1C(C)(C)c2ccccc2C1(C)C. The van der Waals surface area contributed by atoms with Crippen molar-refractivity contribution in [3.63, 3.8) is 0 Å². The van der Waals surface area contributed by atoms with Crippen LogP contribution in [0.3, 0.4) is 0 Å². The molecule has 2 rings (SSSR count). The van der Waals surface area contributed by atoms with Gasteiger partial charge in [0.05, 0.1) is 17.2 Å². The Morgan fingerprint density at radius 2 is 1.38 bits per heavy atom. The highest BCUT2D eigenvalue weighted by molar-refractivity contribution is 5.42. The van der Waals surface area contributed by atoms with Crippen LogP contribution in [0.5, 0.6) is 0 Å². The van der Waals surface area contributed by atoms with Crippen molar-refractivity contribution >= 4 is 0 Å². The molecule has 0 radical (unpaired) electrons. The van der Waals surface area contributed by atoms with E-state index in [4.69, 9.17) is 9.57 Å². The fraction of sp³-hybridized carbons (Fsp3) is 0.667. The molecule has 0 unspecified atom stereocenters. The summed E-state index contributed by atoms with van der Waals surface area (Å²) in [5.41, 5.74) is 2.24. The van der Waals surface area contributed by atoms with Gasteiger partial charge in [0.2, 0.25) is 0 Å². The van der Waals surface area contributed by atoms with Crippen molar-refractivity contribution < 1.29 is 9.57 Å². The molecule has 1 aliphatic rings. The fourth-order valence-electron chi connectivity index (χ4n) is 3.50. The van der Waals surface area contributed by atoms with E-state index in [1.54, 1.807) is 0 Å². The normalized spacial score (nSPS) is 20.8. The van der Waals surface area contributed by atoms with Crippen molar-refractivity contribution in [2.45, 2.75) is 78.4 Å². The van der Waals surface area contributed by atoms with Gasteiger partial charge in [-0.05, 0) is 66.5 Å². The topological polar surface area (TPSA) is 21.7 Å². The van der Waals surface area contributed by atoms with E-state index in [-0.39, 0.29) is 17.2 Å². The summed E-state index contributed by atoms with van der Waals surface area (Å²) in [5, 5.41) is 2.09. The van der Waals surface area contributed by atoms with Crippen LogP contribution < -0.4 is 0 Å². The highest BCUT2D eigenvalue weighted by Crippen LogP contribution is 2.50. The Morgan fingerprint density at radius 1 is 0.952 bits per heavy atom. The summed E-state index contributed by atoms with van der Waals surface area (Å²) >= 11 is 0. The zero-order valence-corrected chi connectivity index (χ0v) is 14.7. The molecule has 0 saturated carbocycles. The molecule has 1 aliphatic heterocycles. The summed E-state index contributed by atoms with van der Waals surface area (Å²) in [6, 6.07) is 8.57. The molecule has 0 saturated heterocycles. The smallest absolute Gasteiger partial charge is 0.182 e. The maximum atomic E-state index is 6.33. The molecule has 3 heteroatoms. The number of hydrogen-bond acceptors (Lipinski definition) is 3. The minimum atomic E-state index is -0.662. The summed E-state index contributed by atoms with van der Waals surface area (Å²) in [6.07, 6.45) is 0.121. The van der Waals surface area contributed by atoms with Crippen molar-refractivity contribution in [2.75, 3.05) is 0 Å². The first-order chi connectivity index (χ1) is 9.48. The van der Waals surface area contributed by atoms with E-state index in [1.807, 2.05) is 27.7 Å². The molecule has 1 heterocycles. The molecule has 0 spiro atoms. The number of fused-ring (bicyclic) bond motifs is 1. The van der Waals surface area contributed by atoms with Gasteiger partial charge in [-0.3, -0.25) is 4.84 Å². The highest BCUT2D eigenvalue weighted by atomic mass is 16.8. The molecule has 0 amide bonds. The number of rotatable bonds is 4. The molecule has 0 atom stereocenters. The molecule has 3 nitrogen and oxygen atoms in total. The lowest BCUT2D eigenvalue weighted by Gasteiger charge is -2.44. The molecule has 1 aromatic carbocycles. The Morgan fingerprint density at radius 3 is 1.76 bits per heavy atom. The Bertz CT molecular complexity index is 483. The van der Waals surface area contributed by atoms with E-state index in [9.17, 15) is 0 Å². The van der Waals surface area contributed by atoms with Crippen molar-refractivity contribution in [1.82, 2.24) is 5.06 Å². The van der Waals surface area contributed by atoms with Crippen molar-refractivity contribution in [2.24, 2.45) is 0 Å². The van der Waals surface area contributed by atoms with E-state index >= 15 is 0 Å². The molecular formula is C18H29NO2. The molecule has 0 N–H and O–H groups in total. The fourth-order valence-corrected chi connectivity index (χ4v) is 3.50. The van der Waals surface area contributed by atoms with Gasteiger partial charge in [0.25, 0.3) is 0 Å². The monoisotopic (exact) mass is 291 g/mol. The van der Waals surface area contributed by atoms with Crippen molar-refractivity contribution in [3.8, 4) is 0 Å². The number of ether oxygens (including phenoxy) is 1. The standard InChI is InChI=1S/C18H29NO2/c1-13(2)20-18(7,8)21-19-16(3,4)14-11-9-10-12-15(14)17(19,5)6/h9-13H,1-8H3. The van der Waals surface area contributed by atoms with Crippen LogP contribution in [0, 0.1) is 0 Å². The van der Waals surface area contributed by atoms with Gasteiger partial charge in [-0.1, -0.05) is 24.3 Å². The minimum absolute atomic E-state index is 0.121. The van der Waals surface area contributed by atoms with Crippen LogP contribution in [-0.2, 0) is 20.7 Å². The number of nitrogens with zero attached hydrogens (tertiary/aromatic N) is 1. The molecule has 0 aromatic heterocycles. The predicted octanol–water partition coefficient (Wildman–Crippen LogP) is 4.57. The molecule has 1 aromatic rings. The summed E-state index contributed by atoms with van der Waals surface area (Å²) in [7, 11) is 0. The third-order valence-corrected chi connectivity index (χ3v) is 4.09. The largest absolute Gasteiger partial charge is 0.346 e. The Kier molecular flexibility index (Phi) is 3.98. The van der Waals surface area contributed by atoms with E-state index in [0.29, 0.717) is 0 Å². The van der Waals surface area contributed by atoms with Crippen LogP contribution >= 0.6 is 0 Å². The van der Waals surface area contributed by atoms with Crippen LogP contribution in [0.15, 0.2) is 24.3 Å². The van der Waals surface area contributed by atoms with Crippen molar-refractivity contribution in [3.05, 3.63) is 35.4 Å². The predicted molar refractivity (Wildman–Crippen MR) is 85.7 cm³/mol. The van der Waals surface area contributed by atoms with Crippen LogP contribution in [0.2, 0.25) is 0 Å². The zero-order chi connectivity index (χ0) is 16.1. The minimum Gasteiger partial charge on any atom is -0.346 e. The second kappa shape index (κ2) is 5.08. The van der Waals surface area contributed by atoms with Crippen LogP contribution in [-0.4, -0.2) is 17.0 Å². The quantitative estimate of drug-likeness (QED) is 0.759. The van der Waals surface area contributed by atoms with Gasteiger partial charge in [0.1, 0.15) is 0 Å². The number of benzene rings is 1. The lowest BCUT2D eigenvalue weighted by atomic mass is 9.91. The average molecular weight is 291 g/mol. The molecule has 0 bridgehead atoms. The number of hydroxylamine groups is 2. The number of hydrogen-bond donors (Lipinski definition) is 0. The second-order valence-electron chi connectivity index (χ2n) is 7.62. The van der Waals surface area contributed by atoms with Crippen LogP contribution in [0.4, 0.5) is 0 Å². The maximum Gasteiger partial charge on any atom is 0.182 e. The van der Waals surface area contributed by atoms with Gasteiger partial charge >= 0.3 is 0 Å². The molecule has 21 heavy (non-hydrogen) atoms. The Labute approximate surface area is 129 Å². The first-order valence-corrected chi connectivity index (χ1v) is 7.76. The van der Waals surface area contributed by atoms with E-state index in [0.717, 1.165) is 0 Å². The lowest BCUT2D eigenvalue weighted by molar-refractivity contribution is -0.386. The lowest BCUT2D eigenvalue weighted by Crippen LogP contribution is -2.51. The zero-order valence-electron chi connectivity index (χ0n) is 14.7. The molecule has 0 aliphatic carbocycles. The third kappa shape index (κ3) is 2.87. The van der Waals surface area contributed by atoms with Gasteiger partial charge < -0.3 is 4.74 Å². The summed E-state index contributed by atoms with van der Waals surface area (Å²) in [4.78, 5) is 6.33. The van der Waals surface area contributed by atoms with Gasteiger partial charge in [-0.2, -0.15) is 5.06 Å². The second-order valence-corrected chi connectivity index (χ2v) is 7.62. The van der Waals surface area contributed by atoms with Crippen LogP contribution in [0.1, 0.15) is 66.5 Å². The Hall–Kier alpha value is -0.900. The van der Waals surface area contributed by atoms with Gasteiger partial charge in [-0.25, -0.2) is 0 Å². The highest BCUT2D eigenvalue weighted by Gasteiger charge is 2.52. The summed E-state index contributed by atoms with van der Waals surface area (Å²) in [6.45, 7) is 16.8. The first-order valence-electron chi connectivity index (χ1n) is 7.76. The third-order valence-electron chi connectivity index (χ3n) is 4.09. The van der Waals surface area contributed by atoms with Crippen molar-refractivity contribution in [1.29, 1.82) is 0 Å². The summed E-state index contributed by atoms with van der Waals surface area (Å²) in [5.74, 6) is -0.662. The maximum absolute atomic E-state index is 6.33. The summed E-state index contributed by atoms with van der Waals surface area (Å²) < 4.78 is 5.92. The molecule has 118 valence electrons. The van der Waals surface area contributed by atoms with E-state index in [1.165, 1.54) is 11.1 Å². The Balaban J connectivity index is 2.37. The van der Waals surface area contributed by atoms with Crippen LogP contribution in [0.25, 0.3) is 0 Å². The van der Waals surface area contributed by atoms with Gasteiger partial charge in [0, 0.05) is 0 Å². The van der Waals surface area contributed by atoms with Gasteiger partial charge in [0.15, 0.2) is 5.79 Å². The first kappa shape index (κ1) is 16.5. The average Bonchev–Trinajstić information content (AvgIpc) is 2.47. The van der Waals surface area contributed by atoms with Gasteiger partial charge in [-0.15, -0.1) is 0 Å². The molecule has 0 fully saturated rings. The molecular weight excluding hydrogens is 262 g/mol. The van der Waals surface area contributed by atoms with E-state index in [2.05, 4.69) is 57.0 Å². The van der Waals surface area contributed by atoms with E-state index < -0.39 is 5.79 Å².